The Labute approximate surface area is 109 Å². The van der Waals surface area contributed by atoms with Crippen LogP contribution in [0.2, 0.25) is 0 Å². The number of nitrogens with one attached hydrogen (secondary N) is 1. The molecule has 1 heterocycles. The summed E-state index contributed by atoms with van der Waals surface area (Å²) in [6.45, 7) is 5.90. The van der Waals surface area contributed by atoms with Crippen LogP contribution in [0.25, 0.3) is 0 Å². The van der Waals surface area contributed by atoms with Crippen LogP contribution in [0, 0.1) is 0 Å². The van der Waals surface area contributed by atoms with E-state index in [0.717, 1.165) is 19.5 Å². The Bertz CT molecular complexity index is 358. The van der Waals surface area contributed by atoms with Gasteiger partial charge in [0.1, 0.15) is 0 Å². The Morgan fingerprint density at radius 3 is 2.56 bits per heavy atom. The van der Waals surface area contributed by atoms with Gasteiger partial charge in [-0.1, -0.05) is 19.8 Å². The molecule has 0 aliphatic heterocycles. The highest BCUT2D eigenvalue weighted by Gasteiger charge is 2.09. The lowest BCUT2D eigenvalue weighted by Gasteiger charge is -2.17. The van der Waals surface area contributed by atoms with Crippen molar-refractivity contribution in [2.45, 2.75) is 33.1 Å². The largest absolute Gasteiger partial charge is 0.467 e. The van der Waals surface area contributed by atoms with E-state index in [4.69, 9.17) is 4.74 Å². The van der Waals surface area contributed by atoms with Gasteiger partial charge in [0.15, 0.2) is 0 Å². The molecule has 1 rings (SSSR count). The molecule has 0 saturated carbocycles. The number of anilines is 2. The summed E-state index contributed by atoms with van der Waals surface area (Å²) in [7, 11) is 3.55. The van der Waals surface area contributed by atoms with E-state index in [-0.39, 0.29) is 0 Å². The minimum atomic E-state index is 0.346. The summed E-state index contributed by atoms with van der Waals surface area (Å²) in [5.74, 6) is 1.20. The lowest BCUT2D eigenvalue weighted by atomic mass is 10.2. The van der Waals surface area contributed by atoms with Crippen molar-refractivity contribution in [3.8, 4) is 6.01 Å². The number of rotatable bonds is 8. The lowest BCUT2D eigenvalue weighted by Crippen LogP contribution is -2.22. The Kier molecular flexibility index (Phi) is 6.18. The van der Waals surface area contributed by atoms with E-state index in [2.05, 4.69) is 27.2 Å². The molecule has 1 aromatic heterocycles. The maximum atomic E-state index is 5.09. The zero-order chi connectivity index (χ0) is 13.4. The maximum Gasteiger partial charge on any atom is 0.322 e. The third kappa shape index (κ3) is 4.35. The van der Waals surface area contributed by atoms with Crippen molar-refractivity contribution in [2.75, 3.05) is 37.5 Å². The van der Waals surface area contributed by atoms with Gasteiger partial charge in [-0.2, -0.15) is 15.0 Å². The van der Waals surface area contributed by atoms with E-state index < -0.39 is 0 Å². The van der Waals surface area contributed by atoms with Gasteiger partial charge in [0.2, 0.25) is 11.9 Å². The fourth-order valence-corrected chi connectivity index (χ4v) is 1.54. The minimum absolute atomic E-state index is 0.346. The van der Waals surface area contributed by atoms with Crippen LogP contribution in [0.1, 0.15) is 33.1 Å². The standard InChI is InChI=1S/C12H23N5O/c1-5-7-8-9-17(3)11-14-10(13-6-2)15-12(16-11)18-4/h5-9H2,1-4H3,(H,13,14,15,16). The maximum absolute atomic E-state index is 5.09. The molecule has 0 aliphatic rings. The molecule has 0 amide bonds. The molecule has 0 aliphatic carbocycles. The van der Waals surface area contributed by atoms with Crippen LogP contribution in [0.4, 0.5) is 11.9 Å². The highest BCUT2D eigenvalue weighted by molar-refractivity contribution is 5.37. The first-order valence-electron chi connectivity index (χ1n) is 6.46. The second-order valence-corrected chi connectivity index (χ2v) is 4.10. The van der Waals surface area contributed by atoms with E-state index in [0.29, 0.717) is 17.9 Å². The molecule has 18 heavy (non-hydrogen) atoms. The van der Waals surface area contributed by atoms with Crippen molar-refractivity contribution < 1.29 is 4.74 Å². The number of ether oxygens (including phenoxy) is 1. The summed E-state index contributed by atoms with van der Waals surface area (Å²) in [6.07, 6.45) is 3.56. The quantitative estimate of drug-likeness (QED) is 0.714. The Morgan fingerprint density at radius 1 is 1.17 bits per heavy atom. The van der Waals surface area contributed by atoms with Crippen molar-refractivity contribution in [1.82, 2.24) is 15.0 Å². The molecule has 0 spiro atoms. The van der Waals surface area contributed by atoms with E-state index >= 15 is 0 Å². The van der Waals surface area contributed by atoms with Gasteiger partial charge >= 0.3 is 6.01 Å². The Morgan fingerprint density at radius 2 is 1.94 bits per heavy atom. The predicted octanol–water partition coefficient (Wildman–Crippen LogP) is 1.94. The van der Waals surface area contributed by atoms with Crippen molar-refractivity contribution in [1.29, 1.82) is 0 Å². The summed E-state index contributed by atoms with van der Waals surface area (Å²) >= 11 is 0. The molecular weight excluding hydrogens is 230 g/mol. The van der Waals surface area contributed by atoms with Crippen LogP contribution in [-0.2, 0) is 0 Å². The fourth-order valence-electron chi connectivity index (χ4n) is 1.54. The molecule has 0 saturated heterocycles. The molecule has 0 atom stereocenters. The number of unbranched alkanes of at least 4 members (excludes halogenated alkanes) is 2. The molecule has 0 radical (unpaired) electrons. The van der Waals surface area contributed by atoms with Gasteiger partial charge in [-0.05, 0) is 13.3 Å². The zero-order valence-electron chi connectivity index (χ0n) is 11.7. The fraction of sp³-hybridized carbons (Fsp3) is 0.750. The zero-order valence-corrected chi connectivity index (χ0v) is 11.7. The summed E-state index contributed by atoms with van der Waals surface area (Å²) in [5, 5.41) is 3.08. The molecule has 1 N–H and O–H groups in total. The van der Waals surface area contributed by atoms with Crippen LogP contribution < -0.4 is 15.0 Å². The third-order valence-corrected chi connectivity index (χ3v) is 2.56. The second-order valence-electron chi connectivity index (χ2n) is 4.10. The van der Waals surface area contributed by atoms with Gasteiger partial charge in [0.05, 0.1) is 7.11 Å². The highest BCUT2D eigenvalue weighted by Crippen LogP contribution is 2.14. The van der Waals surface area contributed by atoms with E-state index in [1.165, 1.54) is 12.8 Å². The van der Waals surface area contributed by atoms with Gasteiger partial charge < -0.3 is 15.0 Å². The lowest BCUT2D eigenvalue weighted by molar-refractivity contribution is 0.379. The van der Waals surface area contributed by atoms with Gasteiger partial charge in [-0.3, -0.25) is 0 Å². The molecule has 102 valence electrons. The van der Waals surface area contributed by atoms with Crippen LogP contribution in [0.15, 0.2) is 0 Å². The first-order chi connectivity index (χ1) is 8.71. The third-order valence-electron chi connectivity index (χ3n) is 2.56. The molecule has 0 bridgehead atoms. The van der Waals surface area contributed by atoms with Crippen molar-refractivity contribution in [2.24, 2.45) is 0 Å². The van der Waals surface area contributed by atoms with Crippen LogP contribution in [0.3, 0.4) is 0 Å². The number of hydrogen-bond acceptors (Lipinski definition) is 6. The second kappa shape index (κ2) is 7.68. The number of methoxy groups -OCH3 is 1. The van der Waals surface area contributed by atoms with Crippen molar-refractivity contribution in [3.63, 3.8) is 0 Å². The van der Waals surface area contributed by atoms with Gasteiger partial charge in [-0.15, -0.1) is 0 Å². The molecule has 0 aromatic carbocycles. The normalized spacial score (nSPS) is 10.2. The smallest absolute Gasteiger partial charge is 0.322 e. The average Bonchev–Trinajstić information content (AvgIpc) is 2.39. The molecule has 6 heteroatoms. The number of hydrogen-bond donors (Lipinski definition) is 1. The summed E-state index contributed by atoms with van der Waals surface area (Å²) in [4.78, 5) is 14.8. The molecule has 6 nitrogen and oxygen atoms in total. The van der Waals surface area contributed by atoms with Crippen molar-refractivity contribution in [3.05, 3.63) is 0 Å². The van der Waals surface area contributed by atoms with E-state index in [1.807, 2.05) is 18.9 Å². The van der Waals surface area contributed by atoms with Gasteiger partial charge in [0, 0.05) is 20.1 Å². The first kappa shape index (κ1) is 14.5. The summed E-state index contributed by atoms with van der Waals surface area (Å²) in [6, 6.07) is 0.346. The first-order valence-corrected chi connectivity index (χ1v) is 6.46. The number of nitrogens with zero attached hydrogens (tertiary/aromatic N) is 4. The van der Waals surface area contributed by atoms with Gasteiger partial charge in [0.25, 0.3) is 0 Å². The Balaban J connectivity index is 2.75. The topological polar surface area (TPSA) is 63.2 Å². The molecule has 1 aromatic rings. The molecular formula is C12H23N5O. The summed E-state index contributed by atoms with van der Waals surface area (Å²) in [5.41, 5.74) is 0. The SMILES string of the molecule is CCCCCN(C)c1nc(NCC)nc(OC)n1. The van der Waals surface area contributed by atoms with E-state index in [1.54, 1.807) is 7.11 Å². The summed E-state index contributed by atoms with van der Waals surface area (Å²) < 4.78 is 5.09. The highest BCUT2D eigenvalue weighted by atomic mass is 16.5. The van der Waals surface area contributed by atoms with E-state index in [9.17, 15) is 0 Å². The predicted molar refractivity (Wildman–Crippen MR) is 73.3 cm³/mol. The van der Waals surface area contributed by atoms with Crippen molar-refractivity contribution >= 4 is 11.9 Å². The average molecular weight is 253 g/mol. The van der Waals surface area contributed by atoms with Crippen LogP contribution in [-0.4, -0.2) is 42.2 Å². The molecule has 0 fully saturated rings. The van der Waals surface area contributed by atoms with Crippen LogP contribution in [0.5, 0.6) is 6.01 Å². The molecule has 0 unspecified atom stereocenters. The van der Waals surface area contributed by atoms with Gasteiger partial charge in [-0.25, -0.2) is 0 Å². The Hall–Kier alpha value is -1.59. The monoisotopic (exact) mass is 253 g/mol. The number of aromatic nitrogens is 3. The minimum Gasteiger partial charge on any atom is -0.467 e. The van der Waals surface area contributed by atoms with Crippen LogP contribution >= 0.6 is 0 Å².